The Morgan fingerprint density at radius 1 is 1.35 bits per heavy atom. The fourth-order valence-corrected chi connectivity index (χ4v) is 2.77. The smallest absolute Gasteiger partial charge is 0.0561 e. The van der Waals surface area contributed by atoms with Crippen molar-refractivity contribution < 1.29 is 4.74 Å². The van der Waals surface area contributed by atoms with E-state index in [4.69, 9.17) is 4.74 Å². The summed E-state index contributed by atoms with van der Waals surface area (Å²) in [6, 6.07) is 6.96. The van der Waals surface area contributed by atoms with Gasteiger partial charge in [0.25, 0.3) is 0 Å². The van der Waals surface area contributed by atoms with E-state index in [1.165, 1.54) is 5.56 Å². The molecule has 1 aliphatic heterocycles. The van der Waals surface area contributed by atoms with Crippen molar-refractivity contribution in [3.05, 3.63) is 32.7 Å². The first-order chi connectivity index (χ1) is 8.15. The molecule has 2 unspecified atom stereocenters. The molecular formula is C13H17Br2NO. The van der Waals surface area contributed by atoms with Crippen LogP contribution >= 0.6 is 31.9 Å². The SMILES string of the molecule is CC1CC(NCc2ccc(Br)c(Br)c2)CCO1. The van der Waals surface area contributed by atoms with Crippen molar-refractivity contribution in [3.63, 3.8) is 0 Å². The molecule has 0 amide bonds. The maximum atomic E-state index is 5.54. The van der Waals surface area contributed by atoms with Gasteiger partial charge in [-0.15, -0.1) is 0 Å². The molecule has 2 rings (SSSR count). The van der Waals surface area contributed by atoms with Gasteiger partial charge in [-0.25, -0.2) is 0 Å². The average molecular weight is 363 g/mol. The lowest BCUT2D eigenvalue weighted by Gasteiger charge is -2.28. The van der Waals surface area contributed by atoms with Crippen LogP contribution in [0, 0.1) is 0 Å². The van der Waals surface area contributed by atoms with Gasteiger partial charge in [-0.2, -0.15) is 0 Å². The van der Waals surface area contributed by atoms with Gasteiger partial charge in [0.1, 0.15) is 0 Å². The molecule has 1 aromatic carbocycles. The Morgan fingerprint density at radius 2 is 2.18 bits per heavy atom. The van der Waals surface area contributed by atoms with Crippen LogP contribution in [0.5, 0.6) is 0 Å². The first-order valence-electron chi connectivity index (χ1n) is 5.94. The molecule has 17 heavy (non-hydrogen) atoms. The van der Waals surface area contributed by atoms with Crippen molar-refractivity contribution in [2.24, 2.45) is 0 Å². The summed E-state index contributed by atoms with van der Waals surface area (Å²) >= 11 is 7.01. The highest BCUT2D eigenvalue weighted by molar-refractivity contribution is 9.13. The van der Waals surface area contributed by atoms with Gasteiger partial charge in [0.15, 0.2) is 0 Å². The predicted molar refractivity (Wildman–Crippen MR) is 77.1 cm³/mol. The summed E-state index contributed by atoms with van der Waals surface area (Å²) in [6.45, 7) is 3.94. The van der Waals surface area contributed by atoms with E-state index in [0.29, 0.717) is 12.1 Å². The quantitative estimate of drug-likeness (QED) is 0.881. The molecule has 1 saturated heterocycles. The highest BCUT2D eigenvalue weighted by Crippen LogP contribution is 2.24. The first kappa shape index (κ1) is 13.5. The van der Waals surface area contributed by atoms with Gasteiger partial charge in [0.2, 0.25) is 0 Å². The van der Waals surface area contributed by atoms with Gasteiger partial charge in [-0.05, 0) is 69.3 Å². The van der Waals surface area contributed by atoms with Gasteiger partial charge in [0.05, 0.1) is 6.10 Å². The number of hydrogen-bond acceptors (Lipinski definition) is 2. The molecular weight excluding hydrogens is 346 g/mol. The number of hydrogen-bond donors (Lipinski definition) is 1. The molecule has 1 aromatic rings. The van der Waals surface area contributed by atoms with Crippen LogP contribution in [0.25, 0.3) is 0 Å². The van der Waals surface area contributed by atoms with Crippen LogP contribution in [-0.4, -0.2) is 18.8 Å². The minimum absolute atomic E-state index is 0.387. The molecule has 0 saturated carbocycles. The molecule has 2 atom stereocenters. The zero-order chi connectivity index (χ0) is 12.3. The van der Waals surface area contributed by atoms with Crippen LogP contribution in [0.3, 0.4) is 0 Å². The molecule has 1 fully saturated rings. The normalized spacial score (nSPS) is 24.9. The number of halogens is 2. The zero-order valence-corrected chi connectivity index (χ0v) is 13.1. The topological polar surface area (TPSA) is 21.3 Å². The molecule has 1 aliphatic rings. The standard InChI is InChI=1S/C13H17Br2NO/c1-9-6-11(4-5-17-9)16-8-10-2-3-12(14)13(15)7-10/h2-3,7,9,11,16H,4-6,8H2,1H3. The molecule has 2 nitrogen and oxygen atoms in total. The number of nitrogens with one attached hydrogen (secondary N) is 1. The van der Waals surface area contributed by atoms with Gasteiger partial charge < -0.3 is 10.1 Å². The molecule has 1 N–H and O–H groups in total. The van der Waals surface area contributed by atoms with E-state index >= 15 is 0 Å². The third-order valence-electron chi connectivity index (χ3n) is 3.06. The summed E-state index contributed by atoms with van der Waals surface area (Å²) in [6.07, 6.45) is 2.61. The highest BCUT2D eigenvalue weighted by Gasteiger charge is 2.18. The summed E-state index contributed by atoms with van der Waals surface area (Å²) in [7, 11) is 0. The van der Waals surface area contributed by atoms with Crippen molar-refractivity contribution in [1.29, 1.82) is 0 Å². The van der Waals surface area contributed by atoms with Gasteiger partial charge in [0, 0.05) is 28.1 Å². The molecule has 0 spiro atoms. The average Bonchev–Trinajstić information content (AvgIpc) is 2.31. The van der Waals surface area contributed by atoms with E-state index in [1.54, 1.807) is 0 Å². The van der Waals surface area contributed by atoms with Crippen LogP contribution in [0.2, 0.25) is 0 Å². The van der Waals surface area contributed by atoms with Crippen molar-refractivity contribution in [1.82, 2.24) is 5.32 Å². The lowest BCUT2D eigenvalue weighted by Crippen LogP contribution is -2.37. The number of rotatable bonds is 3. The zero-order valence-electron chi connectivity index (χ0n) is 9.88. The number of ether oxygens (including phenoxy) is 1. The van der Waals surface area contributed by atoms with Crippen LogP contribution < -0.4 is 5.32 Å². The minimum atomic E-state index is 0.387. The van der Waals surface area contributed by atoms with E-state index in [9.17, 15) is 0 Å². The summed E-state index contributed by atoms with van der Waals surface area (Å²) in [4.78, 5) is 0. The molecule has 0 bridgehead atoms. The van der Waals surface area contributed by atoms with Crippen LogP contribution in [-0.2, 0) is 11.3 Å². The Labute approximate surface area is 119 Å². The third-order valence-corrected chi connectivity index (χ3v) is 4.94. The fraction of sp³-hybridized carbons (Fsp3) is 0.538. The van der Waals surface area contributed by atoms with Crippen molar-refractivity contribution in [2.45, 2.75) is 38.5 Å². The van der Waals surface area contributed by atoms with Gasteiger partial charge in [-0.3, -0.25) is 0 Å². The Balaban J connectivity index is 1.86. The Kier molecular flexibility index (Phi) is 5.03. The van der Waals surface area contributed by atoms with Crippen LogP contribution in [0.15, 0.2) is 27.1 Å². The molecule has 94 valence electrons. The van der Waals surface area contributed by atoms with Crippen LogP contribution in [0.1, 0.15) is 25.3 Å². The summed E-state index contributed by atoms with van der Waals surface area (Å²) in [5, 5.41) is 3.60. The van der Waals surface area contributed by atoms with E-state index in [2.05, 4.69) is 62.3 Å². The lowest BCUT2D eigenvalue weighted by atomic mass is 10.0. The summed E-state index contributed by atoms with van der Waals surface area (Å²) in [5.74, 6) is 0. The van der Waals surface area contributed by atoms with Crippen LogP contribution in [0.4, 0.5) is 0 Å². The highest BCUT2D eigenvalue weighted by atomic mass is 79.9. The number of benzene rings is 1. The van der Waals surface area contributed by atoms with E-state index in [-0.39, 0.29) is 0 Å². The Morgan fingerprint density at radius 3 is 2.88 bits per heavy atom. The fourth-order valence-electron chi connectivity index (χ4n) is 2.10. The van der Waals surface area contributed by atoms with Gasteiger partial charge in [-0.1, -0.05) is 6.07 Å². The summed E-state index contributed by atoms with van der Waals surface area (Å²) < 4.78 is 7.75. The maximum Gasteiger partial charge on any atom is 0.0561 e. The molecule has 0 radical (unpaired) electrons. The molecule has 1 heterocycles. The second-order valence-corrected chi connectivity index (χ2v) is 6.24. The minimum Gasteiger partial charge on any atom is -0.378 e. The molecule has 0 aromatic heterocycles. The molecule has 0 aliphatic carbocycles. The van der Waals surface area contributed by atoms with E-state index in [1.807, 2.05) is 0 Å². The largest absolute Gasteiger partial charge is 0.378 e. The summed E-state index contributed by atoms with van der Waals surface area (Å²) in [5.41, 5.74) is 1.30. The second kappa shape index (κ2) is 6.32. The monoisotopic (exact) mass is 361 g/mol. The van der Waals surface area contributed by atoms with E-state index in [0.717, 1.165) is 34.9 Å². The van der Waals surface area contributed by atoms with Crippen molar-refractivity contribution >= 4 is 31.9 Å². The van der Waals surface area contributed by atoms with Crippen molar-refractivity contribution in [2.75, 3.05) is 6.61 Å². The lowest BCUT2D eigenvalue weighted by molar-refractivity contribution is 0.0130. The van der Waals surface area contributed by atoms with Crippen molar-refractivity contribution in [3.8, 4) is 0 Å². The maximum absolute atomic E-state index is 5.54. The first-order valence-corrected chi connectivity index (χ1v) is 7.52. The predicted octanol–water partition coefficient (Wildman–Crippen LogP) is 3.87. The van der Waals surface area contributed by atoms with E-state index < -0.39 is 0 Å². The third kappa shape index (κ3) is 4.05. The Hall–Kier alpha value is 0.1000. The van der Waals surface area contributed by atoms with Gasteiger partial charge >= 0.3 is 0 Å². The second-order valence-electron chi connectivity index (χ2n) is 4.53. The molecule has 4 heteroatoms. The Bertz CT molecular complexity index is 384.